The van der Waals surface area contributed by atoms with Gasteiger partial charge in [0.1, 0.15) is 0 Å². The molecule has 0 aliphatic rings. The number of fused-ring (bicyclic) bond motifs is 1. The van der Waals surface area contributed by atoms with Crippen molar-refractivity contribution in [3.63, 3.8) is 0 Å². The Morgan fingerprint density at radius 2 is 1.81 bits per heavy atom. The van der Waals surface area contributed by atoms with Crippen LogP contribution in [0.1, 0.15) is 0 Å². The van der Waals surface area contributed by atoms with E-state index in [1.165, 1.54) is 11.8 Å². The Morgan fingerprint density at radius 3 is 2.67 bits per heavy atom. The minimum atomic E-state index is -0.0147. The van der Waals surface area contributed by atoms with Gasteiger partial charge in [0.15, 0.2) is 0 Å². The topological polar surface area (TPSA) is 42.0 Å². The fourth-order valence-corrected chi connectivity index (χ4v) is 2.90. The van der Waals surface area contributed by atoms with Crippen LogP contribution in [-0.2, 0) is 4.79 Å². The van der Waals surface area contributed by atoms with E-state index in [1.807, 2.05) is 60.7 Å². The number of hydrogen-bond donors (Lipinski definition) is 1. The highest BCUT2D eigenvalue weighted by Crippen LogP contribution is 2.26. The van der Waals surface area contributed by atoms with Gasteiger partial charge in [0.25, 0.3) is 0 Å². The molecule has 2 aromatic carbocycles. The van der Waals surface area contributed by atoms with Crippen molar-refractivity contribution in [2.45, 2.75) is 4.90 Å². The van der Waals surface area contributed by atoms with E-state index in [1.54, 1.807) is 6.20 Å². The first-order valence-electron chi connectivity index (χ1n) is 6.64. The maximum Gasteiger partial charge on any atom is 0.234 e. The average Bonchev–Trinajstić information content (AvgIpc) is 2.54. The lowest BCUT2D eigenvalue weighted by atomic mass is 10.2. The Morgan fingerprint density at radius 1 is 1.00 bits per heavy atom. The van der Waals surface area contributed by atoms with E-state index in [4.69, 9.17) is 0 Å². The van der Waals surface area contributed by atoms with Crippen molar-refractivity contribution in [2.75, 3.05) is 11.1 Å². The lowest BCUT2D eigenvalue weighted by Crippen LogP contribution is -2.13. The van der Waals surface area contributed by atoms with Gasteiger partial charge < -0.3 is 5.32 Å². The Balaban J connectivity index is 1.68. The molecule has 0 bridgehead atoms. The summed E-state index contributed by atoms with van der Waals surface area (Å²) in [4.78, 5) is 17.4. The third-order valence-electron chi connectivity index (χ3n) is 3.01. The maximum absolute atomic E-state index is 12.0. The van der Waals surface area contributed by atoms with Crippen molar-refractivity contribution >= 4 is 34.3 Å². The molecule has 0 saturated carbocycles. The zero-order valence-corrected chi connectivity index (χ0v) is 12.1. The van der Waals surface area contributed by atoms with Crippen LogP contribution in [0.2, 0.25) is 0 Å². The monoisotopic (exact) mass is 294 g/mol. The number of anilines is 1. The van der Waals surface area contributed by atoms with Crippen LogP contribution in [0.3, 0.4) is 0 Å². The van der Waals surface area contributed by atoms with Crippen LogP contribution in [0.15, 0.2) is 71.8 Å². The summed E-state index contributed by atoms with van der Waals surface area (Å²) in [5, 5.41) is 3.97. The van der Waals surface area contributed by atoms with Gasteiger partial charge in [0.05, 0.1) is 11.3 Å². The van der Waals surface area contributed by atoms with E-state index in [-0.39, 0.29) is 5.91 Å². The second-order valence-corrected chi connectivity index (χ2v) is 5.55. The molecule has 1 N–H and O–H groups in total. The number of amides is 1. The number of para-hydroxylation sites is 2. The largest absolute Gasteiger partial charge is 0.325 e. The summed E-state index contributed by atoms with van der Waals surface area (Å²) in [7, 11) is 0. The van der Waals surface area contributed by atoms with Gasteiger partial charge in [0.2, 0.25) is 5.91 Å². The lowest BCUT2D eigenvalue weighted by Gasteiger charge is -2.06. The number of rotatable bonds is 4. The highest BCUT2D eigenvalue weighted by Gasteiger charge is 2.06. The molecule has 21 heavy (non-hydrogen) atoms. The van der Waals surface area contributed by atoms with E-state index < -0.39 is 0 Å². The molecule has 0 atom stereocenters. The van der Waals surface area contributed by atoms with Crippen molar-refractivity contribution < 1.29 is 4.79 Å². The smallest absolute Gasteiger partial charge is 0.234 e. The predicted octanol–water partition coefficient (Wildman–Crippen LogP) is 3.97. The second kappa shape index (κ2) is 6.41. The van der Waals surface area contributed by atoms with Crippen LogP contribution < -0.4 is 5.32 Å². The van der Waals surface area contributed by atoms with Gasteiger partial charge in [-0.25, -0.2) is 0 Å². The molecular formula is C17H14N2OS. The summed E-state index contributed by atoms with van der Waals surface area (Å²) in [6.45, 7) is 0. The van der Waals surface area contributed by atoms with E-state index in [2.05, 4.69) is 10.3 Å². The van der Waals surface area contributed by atoms with Gasteiger partial charge in [0, 0.05) is 22.2 Å². The van der Waals surface area contributed by atoms with Crippen molar-refractivity contribution in [3.05, 3.63) is 66.9 Å². The van der Waals surface area contributed by atoms with E-state index in [9.17, 15) is 4.79 Å². The first kappa shape index (κ1) is 13.6. The summed E-state index contributed by atoms with van der Waals surface area (Å²) >= 11 is 1.50. The first-order valence-corrected chi connectivity index (χ1v) is 7.63. The van der Waals surface area contributed by atoms with Gasteiger partial charge in [-0.15, -0.1) is 11.8 Å². The van der Waals surface area contributed by atoms with Crippen molar-refractivity contribution in [2.24, 2.45) is 0 Å². The molecule has 4 heteroatoms. The zero-order valence-electron chi connectivity index (χ0n) is 11.3. The van der Waals surface area contributed by atoms with Crippen LogP contribution in [-0.4, -0.2) is 16.6 Å². The SMILES string of the molecule is O=C(CSc1cccc2cccnc12)Nc1ccccc1. The molecule has 104 valence electrons. The molecule has 0 fully saturated rings. The molecule has 0 saturated heterocycles. The Kier molecular flexibility index (Phi) is 4.17. The van der Waals surface area contributed by atoms with E-state index >= 15 is 0 Å². The minimum absolute atomic E-state index is 0.0147. The molecular weight excluding hydrogens is 280 g/mol. The van der Waals surface area contributed by atoms with Crippen LogP contribution in [0.5, 0.6) is 0 Å². The second-order valence-electron chi connectivity index (χ2n) is 4.53. The summed E-state index contributed by atoms with van der Waals surface area (Å²) in [6, 6.07) is 19.4. The number of benzene rings is 2. The van der Waals surface area contributed by atoms with Crippen LogP contribution >= 0.6 is 11.8 Å². The number of pyridine rings is 1. The van der Waals surface area contributed by atoms with Gasteiger partial charge in [-0.1, -0.05) is 36.4 Å². The molecule has 1 amide bonds. The molecule has 3 nitrogen and oxygen atoms in total. The third kappa shape index (κ3) is 3.41. The third-order valence-corrected chi connectivity index (χ3v) is 4.06. The normalized spacial score (nSPS) is 10.5. The van der Waals surface area contributed by atoms with Crippen LogP contribution in [0.4, 0.5) is 5.69 Å². The summed E-state index contributed by atoms with van der Waals surface area (Å²) in [5.74, 6) is 0.351. The van der Waals surface area contributed by atoms with Gasteiger partial charge in [-0.3, -0.25) is 9.78 Å². The quantitative estimate of drug-likeness (QED) is 0.740. The molecule has 1 heterocycles. The molecule has 3 aromatic rings. The van der Waals surface area contributed by atoms with Crippen LogP contribution in [0, 0.1) is 0 Å². The highest BCUT2D eigenvalue weighted by atomic mass is 32.2. The molecule has 0 radical (unpaired) electrons. The van der Waals surface area contributed by atoms with Crippen molar-refractivity contribution in [3.8, 4) is 0 Å². The molecule has 0 spiro atoms. The number of carbonyl (C=O) groups excluding carboxylic acids is 1. The number of hydrogen-bond acceptors (Lipinski definition) is 3. The zero-order chi connectivity index (χ0) is 14.5. The number of aromatic nitrogens is 1. The number of carbonyl (C=O) groups is 1. The van der Waals surface area contributed by atoms with Crippen molar-refractivity contribution in [1.82, 2.24) is 4.98 Å². The molecule has 0 unspecified atom stereocenters. The minimum Gasteiger partial charge on any atom is -0.325 e. The van der Waals surface area contributed by atoms with Gasteiger partial charge in [-0.2, -0.15) is 0 Å². The van der Waals surface area contributed by atoms with E-state index in [0.717, 1.165) is 21.5 Å². The van der Waals surface area contributed by atoms with Crippen LogP contribution in [0.25, 0.3) is 10.9 Å². The number of nitrogens with one attached hydrogen (secondary N) is 1. The van der Waals surface area contributed by atoms with Gasteiger partial charge in [-0.05, 0) is 24.3 Å². The first-order chi connectivity index (χ1) is 10.3. The molecule has 1 aromatic heterocycles. The number of nitrogens with zero attached hydrogens (tertiary/aromatic N) is 1. The maximum atomic E-state index is 12.0. The van der Waals surface area contributed by atoms with Gasteiger partial charge >= 0.3 is 0 Å². The Bertz CT molecular complexity index is 754. The fourth-order valence-electron chi connectivity index (χ4n) is 2.05. The fraction of sp³-hybridized carbons (Fsp3) is 0.0588. The Hall–Kier alpha value is -2.33. The summed E-state index contributed by atoms with van der Waals surface area (Å²) in [6.07, 6.45) is 1.77. The lowest BCUT2D eigenvalue weighted by molar-refractivity contribution is -0.113. The molecule has 0 aliphatic heterocycles. The summed E-state index contributed by atoms with van der Waals surface area (Å²) < 4.78 is 0. The van der Waals surface area contributed by atoms with E-state index in [0.29, 0.717) is 5.75 Å². The summed E-state index contributed by atoms with van der Waals surface area (Å²) in [5.41, 5.74) is 1.76. The molecule has 3 rings (SSSR count). The highest BCUT2D eigenvalue weighted by molar-refractivity contribution is 8.00. The predicted molar refractivity (Wildman–Crippen MR) is 87.5 cm³/mol. The van der Waals surface area contributed by atoms with Crippen molar-refractivity contribution in [1.29, 1.82) is 0 Å². The average molecular weight is 294 g/mol. The molecule has 0 aliphatic carbocycles. The number of thioether (sulfide) groups is 1. The Labute approximate surface area is 127 Å². The standard InChI is InChI=1S/C17H14N2OS/c20-16(19-14-8-2-1-3-9-14)12-21-15-10-4-6-13-7-5-11-18-17(13)15/h1-11H,12H2,(H,19,20).